The third-order valence-electron chi connectivity index (χ3n) is 5.98. The minimum Gasteiger partial charge on any atom is -0.478 e. The van der Waals surface area contributed by atoms with Gasteiger partial charge in [0.05, 0.1) is 5.92 Å². The van der Waals surface area contributed by atoms with Crippen LogP contribution < -0.4 is 15.0 Å². The minimum absolute atomic E-state index is 0.0713. The van der Waals surface area contributed by atoms with Crippen molar-refractivity contribution in [1.29, 1.82) is 0 Å². The third-order valence-corrected chi connectivity index (χ3v) is 5.98. The summed E-state index contributed by atoms with van der Waals surface area (Å²) in [4.78, 5) is 26.4. The van der Waals surface area contributed by atoms with E-state index < -0.39 is 11.6 Å². The van der Waals surface area contributed by atoms with Crippen molar-refractivity contribution in [3.63, 3.8) is 0 Å². The molecule has 1 unspecified atom stereocenters. The fraction of sp³-hybridized carbons (Fsp3) is 0.462. The van der Waals surface area contributed by atoms with E-state index >= 15 is 0 Å². The molecule has 0 aliphatic carbocycles. The maximum Gasteiger partial charge on any atom is 0.347 e. The standard InChI is InChI=1S/C26H34N2O4/c1-18(2)20-12-10-19(11-13-20)16-27-24(29)21-7-6-14-28(17-21)22-8-5-9-23(15-22)32-26(3,4)25(30)31/h5,8-13,15,18,21H,6-7,14,16-17H2,1-4H3,(H,27,29)(H,30,31). The monoisotopic (exact) mass is 438 g/mol. The normalized spacial score (nSPS) is 16.7. The molecule has 32 heavy (non-hydrogen) atoms. The fourth-order valence-corrected chi connectivity index (χ4v) is 3.86. The fourth-order valence-electron chi connectivity index (χ4n) is 3.86. The third kappa shape index (κ3) is 6.02. The first-order valence-corrected chi connectivity index (χ1v) is 11.3. The van der Waals surface area contributed by atoms with Crippen LogP contribution in [0.4, 0.5) is 5.69 Å². The summed E-state index contributed by atoms with van der Waals surface area (Å²) < 4.78 is 5.67. The van der Waals surface area contributed by atoms with Gasteiger partial charge in [-0.3, -0.25) is 4.79 Å². The Morgan fingerprint density at radius 2 is 1.91 bits per heavy atom. The molecule has 1 saturated heterocycles. The van der Waals surface area contributed by atoms with E-state index in [0.29, 0.717) is 24.8 Å². The molecule has 6 nitrogen and oxygen atoms in total. The summed E-state index contributed by atoms with van der Waals surface area (Å²) in [5.41, 5.74) is 2.02. The zero-order valence-corrected chi connectivity index (χ0v) is 19.4. The molecule has 1 amide bonds. The smallest absolute Gasteiger partial charge is 0.347 e. The van der Waals surface area contributed by atoms with E-state index in [1.165, 1.54) is 19.4 Å². The summed E-state index contributed by atoms with van der Waals surface area (Å²) in [5.74, 6) is -0.0329. The Labute approximate surface area is 190 Å². The van der Waals surface area contributed by atoms with Gasteiger partial charge in [0.1, 0.15) is 5.75 Å². The second-order valence-corrected chi connectivity index (χ2v) is 9.31. The van der Waals surface area contributed by atoms with Gasteiger partial charge < -0.3 is 20.1 Å². The van der Waals surface area contributed by atoms with E-state index in [1.807, 2.05) is 18.2 Å². The first-order chi connectivity index (χ1) is 15.2. The number of hydrogen-bond donors (Lipinski definition) is 2. The number of rotatable bonds is 8. The highest BCUT2D eigenvalue weighted by Gasteiger charge is 2.30. The van der Waals surface area contributed by atoms with Crippen LogP contribution in [0, 0.1) is 5.92 Å². The number of ether oxygens (including phenoxy) is 1. The number of nitrogens with zero attached hydrogens (tertiary/aromatic N) is 1. The Hall–Kier alpha value is -3.02. The van der Waals surface area contributed by atoms with E-state index in [-0.39, 0.29) is 11.8 Å². The van der Waals surface area contributed by atoms with Crippen LogP contribution in [0.1, 0.15) is 57.6 Å². The van der Waals surface area contributed by atoms with Crippen LogP contribution in [0.3, 0.4) is 0 Å². The van der Waals surface area contributed by atoms with E-state index in [0.717, 1.165) is 30.6 Å². The summed E-state index contributed by atoms with van der Waals surface area (Å²) in [6.07, 6.45) is 1.78. The molecule has 0 aromatic heterocycles. The molecule has 2 aromatic rings. The number of carboxylic acid groups (broad SMARTS) is 1. The largest absolute Gasteiger partial charge is 0.478 e. The molecule has 1 aliphatic rings. The highest BCUT2D eigenvalue weighted by molar-refractivity contribution is 5.79. The van der Waals surface area contributed by atoms with Crippen LogP contribution in [0.15, 0.2) is 48.5 Å². The van der Waals surface area contributed by atoms with Crippen molar-refractivity contribution in [3.8, 4) is 5.75 Å². The highest BCUT2D eigenvalue weighted by atomic mass is 16.5. The van der Waals surface area contributed by atoms with E-state index in [2.05, 4.69) is 48.3 Å². The summed E-state index contributed by atoms with van der Waals surface area (Å²) in [6, 6.07) is 15.8. The lowest BCUT2D eigenvalue weighted by Gasteiger charge is -2.34. The van der Waals surface area contributed by atoms with Crippen molar-refractivity contribution in [2.45, 2.75) is 58.6 Å². The maximum atomic E-state index is 12.8. The van der Waals surface area contributed by atoms with Gasteiger partial charge in [0.2, 0.25) is 5.91 Å². The predicted molar refractivity (Wildman–Crippen MR) is 126 cm³/mol. The van der Waals surface area contributed by atoms with Crippen molar-refractivity contribution in [2.75, 3.05) is 18.0 Å². The van der Waals surface area contributed by atoms with Gasteiger partial charge in [-0.2, -0.15) is 0 Å². The first-order valence-electron chi connectivity index (χ1n) is 11.3. The molecule has 3 rings (SSSR count). The lowest BCUT2D eigenvalue weighted by atomic mass is 9.96. The molecule has 172 valence electrons. The second-order valence-electron chi connectivity index (χ2n) is 9.31. The van der Waals surface area contributed by atoms with Crippen molar-refractivity contribution in [2.24, 2.45) is 5.92 Å². The molecule has 0 bridgehead atoms. The average Bonchev–Trinajstić information content (AvgIpc) is 2.77. The Bertz CT molecular complexity index is 937. The molecular formula is C26H34N2O4. The summed E-state index contributed by atoms with van der Waals surface area (Å²) in [5, 5.41) is 12.4. The van der Waals surface area contributed by atoms with Gasteiger partial charge >= 0.3 is 5.97 Å². The Balaban J connectivity index is 1.59. The maximum absolute atomic E-state index is 12.8. The quantitative estimate of drug-likeness (QED) is 0.630. The molecule has 1 aliphatic heterocycles. The summed E-state index contributed by atoms with van der Waals surface area (Å²) in [6.45, 7) is 9.40. The molecular weight excluding hydrogens is 404 g/mol. The number of carbonyl (C=O) groups is 2. The van der Waals surface area contributed by atoms with Crippen molar-refractivity contribution >= 4 is 17.6 Å². The van der Waals surface area contributed by atoms with E-state index in [1.54, 1.807) is 6.07 Å². The molecule has 0 radical (unpaired) electrons. The lowest BCUT2D eigenvalue weighted by molar-refractivity contribution is -0.152. The van der Waals surface area contributed by atoms with Gasteiger partial charge in [0.25, 0.3) is 0 Å². The second kappa shape index (κ2) is 10.1. The molecule has 0 saturated carbocycles. The number of carbonyl (C=O) groups excluding carboxylic acids is 1. The molecule has 0 spiro atoms. The molecule has 2 aromatic carbocycles. The number of amides is 1. The highest BCUT2D eigenvalue weighted by Crippen LogP contribution is 2.28. The number of hydrogen-bond acceptors (Lipinski definition) is 4. The van der Waals surface area contributed by atoms with E-state index in [4.69, 9.17) is 4.74 Å². The van der Waals surface area contributed by atoms with Gasteiger partial charge in [-0.25, -0.2) is 4.79 Å². The Morgan fingerprint density at radius 3 is 2.56 bits per heavy atom. The minimum atomic E-state index is -1.31. The van der Waals surface area contributed by atoms with Crippen LogP contribution in [0.2, 0.25) is 0 Å². The first kappa shape index (κ1) is 23.6. The number of benzene rings is 2. The zero-order valence-electron chi connectivity index (χ0n) is 19.4. The number of carboxylic acids is 1. The molecule has 1 atom stereocenters. The molecule has 2 N–H and O–H groups in total. The van der Waals surface area contributed by atoms with Gasteiger partial charge in [0, 0.05) is 31.4 Å². The van der Waals surface area contributed by atoms with Crippen LogP contribution in [-0.4, -0.2) is 35.7 Å². The molecule has 1 fully saturated rings. The molecule has 1 heterocycles. The van der Waals surface area contributed by atoms with Crippen LogP contribution in [-0.2, 0) is 16.1 Å². The number of aliphatic carboxylic acids is 1. The van der Waals surface area contributed by atoms with Gasteiger partial charge in [-0.1, -0.05) is 44.2 Å². The number of nitrogens with one attached hydrogen (secondary N) is 1. The van der Waals surface area contributed by atoms with Crippen LogP contribution in [0.25, 0.3) is 0 Å². The SMILES string of the molecule is CC(C)c1ccc(CNC(=O)C2CCCN(c3cccc(OC(C)(C)C(=O)O)c3)C2)cc1. The molecule has 6 heteroatoms. The zero-order chi connectivity index (χ0) is 23.3. The lowest BCUT2D eigenvalue weighted by Crippen LogP contribution is -2.43. The Morgan fingerprint density at radius 1 is 1.19 bits per heavy atom. The van der Waals surface area contributed by atoms with Crippen molar-refractivity contribution < 1.29 is 19.4 Å². The summed E-state index contributed by atoms with van der Waals surface area (Å²) >= 11 is 0. The van der Waals surface area contributed by atoms with Gasteiger partial charge in [-0.15, -0.1) is 0 Å². The van der Waals surface area contributed by atoms with Gasteiger partial charge in [0.15, 0.2) is 5.60 Å². The van der Waals surface area contributed by atoms with Gasteiger partial charge in [-0.05, 0) is 55.9 Å². The average molecular weight is 439 g/mol. The summed E-state index contributed by atoms with van der Waals surface area (Å²) in [7, 11) is 0. The number of piperidine rings is 1. The topological polar surface area (TPSA) is 78.9 Å². The van der Waals surface area contributed by atoms with E-state index in [9.17, 15) is 14.7 Å². The van der Waals surface area contributed by atoms with Crippen LogP contribution in [0.5, 0.6) is 5.75 Å². The number of anilines is 1. The van der Waals surface area contributed by atoms with Crippen LogP contribution >= 0.6 is 0 Å². The Kier molecular flexibility index (Phi) is 7.44. The van der Waals surface area contributed by atoms with Crippen molar-refractivity contribution in [1.82, 2.24) is 5.32 Å². The predicted octanol–water partition coefficient (Wildman–Crippen LogP) is 4.58. The van der Waals surface area contributed by atoms with Crippen molar-refractivity contribution in [3.05, 3.63) is 59.7 Å².